The highest BCUT2D eigenvalue weighted by Gasteiger charge is 2.19. The molecule has 1 aliphatic rings. The van der Waals surface area contributed by atoms with Crippen molar-refractivity contribution in [3.63, 3.8) is 0 Å². The topological polar surface area (TPSA) is 70.8 Å². The van der Waals surface area contributed by atoms with E-state index in [-0.39, 0.29) is 6.03 Å². The number of rotatable bonds is 5. The van der Waals surface area contributed by atoms with Gasteiger partial charge in [-0.05, 0) is 31.0 Å². The van der Waals surface area contributed by atoms with Crippen molar-refractivity contribution in [3.8, 4) is 5.75 Å². The lowest BCUT2D eigenvalue weighted by Gasteiger charge is -2.22. The molecule has 7 nitrogen and oxygen atoms in total. The van der Waals surface area contributed by atoms with Crippen LogP contribution in [-0.4, -0.2) is 54.3 Å². The third kappa shape index (κ3) is 4.98. The molecular weight excluding hydrogens is 332 g/mol. The van der Waals surface area contributed by atoms with E-state index in [9.17, 15) is 4.79 Å². The van der Waals surface area contributed by atoms with E-state index in [0.717, 1.165) is 55.4 Å². The van der Waals surface area contributed by atoms with Gasteiger partial charge in [-0.15, -0.1) is 0 Å². The fourth-order valence-corrected chi connectivity index (χ4v) is 3.09. The number of hydrogen-bond acceptors (Lipinski definition) is 5. The van der Waals surface area contributed by atoms with Gasteiger partial charge in [0.1, 0.15) is 11.5 Å². The Balaban J connectivity index is 1.46. The predicted molar refractivity (Wildman–Crippen MR) is 97.9 cm³/mol. The summed E-state index contributed by atoms with van der Waals surface area (Å²) in [6.45, 7) is 6.44. The number of methoxy groups -OCH3 is 1. The summed E-state index contributed by atoms with van der Waals surface area (Å²) in [4.78, 5) is 16.7. The molecular formula is C19H26N4O3. The summed E-state index contributed by atoms with van der Waals surface area (Å²) in [6, 6.07) is 9.67. The molecule has 0 aliphatic carbocycles. The summed E-state index contributed by atoms with van der Waals surface area (Å²) < 4.78 is 10.3. The maximum absolute atomic E-state index is 12.5. The molecule has 7 heteroatoms. The fraction of sp³-hybridized carbons (Fsp3) is 0.474. The van der Waals surface area contributed by atoms with Crippen LogP contribution < -0.4 is 10.1 Å². The minimum absolute atomic E-state index is 0.0139. The van der Waals surface area contributed by atoms with Gasteiger partial charge in [-0.3, -0.25) is 4.90 Å². The molecule has 0 spiro atoms. The van der Waals surface area contributed by atoms with E-state index in [1.807, 2.05) is 42.2 Å². The third-order valence-electron chi connectivity index (χ3n) is 4.54. The normalized spacial score (nSPS) is 15.5. The Hall–Kier alpha value is -2.54. The standard InChI is InChI=1S/C19H26N4O3/c1-15-12-17(21-26-15)14-22-8-3-9-23(11-10-22)19(24)20-13-16-4-6-18(25-2)7-5-16/h4-7,12H,3,8-11,13-14H2,1-2H3,(H,20,24). The first-order chi connectivity index (χ1) is 12.6. The van der Waals surface area contributed by atoms with Gasteiger partial charge in [0.2, 0.25) is 0 Å². The van der Waals surface area contributed by atoms with Crippen molar-refractivity contribution in [2.75, 3.05) is 33.3 Å². The van der Waals surface area contributed by atoms with Crippen molar-refractivity contribution < 1.29 is 14.1 Å². The second kappa shape index (κ2) is 8.71. The summed E-state index contributed by atoms with van der Waals surface area (Å²) in [6.07, 6.45) is 0.951. The summed E-state index contributed by atoms with van der Waals surface area (Å²) >= 11 is 0. The number of hydrogen-bond donors (Lipinski definition) is 1. The molecule has 1 saturated heterocycles. The van der Waals surface area contributed by atoms with Crippen molar-refractivity contribution >= 4 is 6.03 Å². The Labute approximate surface area is 153 Å². The number of amides is 2. The van der Waals surface area contributed by atoms with Gasteiger partial charge in [0.15, 0.2) is 0 Å². The van der Waals surface area contributed by atoms with Gasteiger partial charge >= 0.3 is 6.03 Å². The summed E-state index contributed by atoms with van der Waals surface area (Å²) in [5, 5.41) is 7.05. The molecule has 1 aromatic heterocycles. The number of carbonyl (C=O) groups is 1. The highest BCUT2D eigenvalue weighted by molar-refractivity contribution is 5.74. The molecule has 0 saturated carbocycles. The van der Waals surface area contributed by atoms with Crippen molar-refractivity contribution in [3.05, 3.63) is 47.3 Å². The van der Waals surface area contributed by atoms with Crippen LogP contribution in [0.4, 0.5) is 4.79 Å². The number of nitrogens with one attached hydrogen (secondary N) is 1. The fourth-order valence-electron chi connectivity index (χ4n) is 3.09. The van der Waals surface area contributed by atoms with Crippen LogP contribution >= 0.6 is 0 Å². The highest BCUT2D eigenvalue weighted by Crippen LogP contribution is 2.12. The molecule has 26 heavy (non-hydrogen) atoms. The molecule has 1 aromatic carbocycles. The summed E-state index contributed by atoms with van der Waals surface area (Å²) in [5.41, 5.74) is 2.00. The molecule has 2 amide bonds. The minimum Gasteiger partial charge on any atom is -0.497 e. The first-order valence-corrected chi connectivity index (χ1v) is 8.94. The summed E-state index contributed by atoms with van der Waals surface area (Å²) in [7, 11) is 1.64. The van der Waals surface area contributed by atoms with Crippen molar-refractivity contribution in [1.29, 1.82) is 0 Å². The first kappa shape index (κ1) is 18.3. The van der Waals surface area contributed by atoms with E-state index in [2.05, 4.69) is 15.4 Å². The maximum atomic E-state index is 12.5. The number of ether oxygens (including phenoxy) is 1. The Kier molecular flexibility index (Phi) is 6.12. The van der Waals surface area contributed by atoms with Crippen LogP contribution in [0.3, 0.4) is 0 Å². The van der Waals surface area contributed by atoms with E-state index in [1.54, 1.807) is 7.11 Å². The number of nitrogens with zero attached hydrogens (tertiary/aromatic N) is 3. The van der Waals surface area contributed by atoms with Gasteiger partial charge in [0.25, 0.3) is 0 Å². The molecule has 1 N–H and O–H groups in total. The second-order valence-corrected chi connectivity index (χ2v) is 6.55. The molecule has 1 aliphatic heterocycles. The predicted octanol–water partition coefficient (Wildman–Crippen LogP) is 2.41. The summed E-state index contributed by atoms with van der Waals surface area (Å²) in [5.74, 6) is 1.64. The number of carbonyl (C=O) groups excluding carboxylic acids is 1. The maximum Gasteiger partial charge on any atom is 0.317 e. The van der Waals surface area contributed by atoms with Gasteiger partial charge in [0, 0.05) is 45.3 Å². The molecule has 3 rings (SSSR count). The number of aromatic nitrogens is 1. The van der Waals surface area contributed by atoms with Crippen LogP contribution in [0, 0.1) is 6.92 Å². The molecule has 0 bridgehead atoms. The zero-order valence-corrected chi connectivity index (χ0v) is 15.4. The molecule has 0 radical (unpaired) electrons. The first-order valence-electron chi connectivity index (χ1n) is 8.94. The van der Waals surface area contributed by atoms with Crippen molar-refractivity contribution in [1.82, 2.24) is 20.3 Å². The lowest BCUT2D eigenvalue weighted by atomic mass is 10.2. The van der Waals surface area contributed by atoms with E-state index >= 15 is 0 Å². The smallest absolute Gasteiger partial charge is 0.317 e. The number of urea groups is 1. The average molecular weight is 358 g/mol. The van der Waals surface area contributed by atoms with Crippen LogP contribution in [0.25, 0.3) is 0 Å². The van der Waals surface area contributed by atoms with Gasteiger partial charge in [-0.2, -0.15) is 0 Å². The zero-order chi connectivity index (χ0) is 18.4. The quantitative estimate of drug-likeness (QED) is 0.889. The Morgan fingerprint density at radius 1 is 1.23 bits per heavy atom. The SMILES string of the molecule is COc1ccc(CNC(=O)N2CCCN(Cc3cc(C)on3)CC2)cc1. The Bertz CT molecular complexity index is 714. The van der Waals surface area contributed by atoms with Gasteiger partial charge in [-0.25, -0.2) is 4.79 Å². The average Bonchev–Trinajstić information content (AvgIpc) is 2.92. The third-order valence-corrected chi connectivity index (χ3v) is 4.54. The largest absolute Gasteiger partial charge is 0.497 e. The van der Waals surface area contributed by atoms with Crippen LogP contribution in [0.2, 0.25) is 0 Å². The Morgan fingerprint density at radius 2 is 2.04 bits per heavy atom. The number of aryl methyl sites for hydroxylation is 1. The molecule has 2 aromatic rings. The van der Waals surface area contributed by atoms with E-state index in [1.165, 1.54) is 0 Å². The lowest BCUT2D eigenvalue weighted by molar-refractivity contribution is 0.197. The van der Waals surface area contributed by atoms with Crippen molar-refractivity contribution in [2.45, 2.75) is 26.4 Å². The van der Waals surface area contributed by atoms with Crippen LogP contribution in [0.1, 0.15) is 23.4 Å². The van der Waals surface area contributed by atoms with Crippen LogP contribution in [-0.2, 0) is 13.1 Å². The Morgan fingerprint density at radius 3 is 2.73 bits per heavy atom. The van der Waals surface area contributed by atoms with E-state index < -0.39 is 0 Å². The molecule has 1 fully saturated rings. The van der Waals surface area contributed by atoms with Crippen LogP contribution in [0.5, 0.6) is 5.75 Å². The van der Waals surface area contributed by atoms with E-state index in [0.29, 0.717) is 13.1 Å². The molecule has 0 atom stereocenters. The minimum atomic E-state index is -0.0139. The zero-order valence-electron chi connectivity index (χ0n) is 15.4. The van der Waals surface area contributed by atoms with Gasteiger partial charge in [-0.1, -0.05) is 17.3 Å². The molecule has 140 valence electrons. The highest BCUT2D eigenvalue weighted by atomic mass is 16.5. The molecule has 2 heterocycles. The second-order valence-electron chi connectivity index (χ2n) is 6.55. The van der Waals surface area contributed by atoms with Crippen molar-refractivity contribution in [2.24, 2.45) is 0 Å². The number of benzene rings is 1. The van der Waals surface area contributed by atoms with Crippen LogP contribution in [0.15, 0.2) is 34.9 Å². The lowest BCUT2D eigenvalue weighted by Crippen LogP contribution is -2.41. The van der Waals surface area contributed by atoms with Gasteiger partial charge < -0.3 is 19.5 Å². The monoisotopic (exact) mass is 358 g/mol. The molecule has 0 unspecified atom stereocenters. The van der Waals surface area contributed by atoms with Gasteiger partial charge in [0.05, 0.1) is 12.8 Å². The van der Waals surface area contributed by atoms with E-state index in [4.69, 9.17) is 9.26 Å².